The summed E-state index contributed by atoms with van der Waals surface area (Å²) >= 11 is 0. The maximum atomic E-state index is 12.5. The monoisotopic (exact) mass is 284 g/mol. The summed E-state index contributed by atoms with van der Waals surface area (Å²) in [5.74, 6) is -2.91. The SMILES string of the molecule is CCCCCCCCOCC(C(N)=NO)C(F)(F)F. The van der Waals surface area contributed by atoms with Gasteiger partial charge < -0.3 is 15.7 Å². The van der Waals surface area contributed by atoms with Crippen molar-refractivity contribution in [3.63, 3.8) is 0 Å². The van der Waals surface area contributed by atoms with Crippen LogP contribution in [0.3, 0.4) is 0 Å². The van der Waals surface area contributed by atoms with Gasteiger partial charge in [-0.05, 0) is 6.42 Å². The molecule has 0 fully saturated rings. The predicted octanol–water partition coefficient (Wildman–Crippen LogP) is 3.29. The summed E-state index contributed by atoms with van der Waals surface area (Å²) in [6.45, 7) is 1.78. The third kappa shape index (κ3) is 8.69. The topological polar surface area (TPSA) is 67.8 Å². The van der Waals surface area contributed by atoms with E-state index in [1.54, 1.807) is 0 Å². The molecule has 0 bridgehead atoms. The Hall–Kier alpha value is -0.980. The van der Waals surface area contributed by atoms with Crippen LogP contribution in [0.5, 0.6) is 0 Å². The van der Waals surface area contributed by atoms with Gasteiger partial charge in [-0.2, -0.15) is 13.2 Å². The first-order chi connectivity index (χ1) is 8.93. The summed E-state index contributed by atoms with van der Waals surface area (Å²) in [6, 6.07) is 0. The molecule has 0 radical (unpaired) electrons. The molecule has 0 saturated carbocycles. The molecule has 0 spiro atoms. The van der Waals surface area contributed by atoms with E-state index in [-0.39, 0.29) is 6.61 Å². The fourth-order valence-corrected chi connectivity index (χ4v) is 1.60. The van der Waals surface area contributed by atoms with Crippen LogP contribution in [0.15, 0.2) is 5.16 Å². The number of oxime groups is 1. The van der Waals surface area contributed by atoms with Gasteiger partial charge in [0.1, 0.15) is 5.92 Å². The fourth-order valence-electron chi connectivity index (χ4n) is 1.60. The molecule has 0 heterocycles. The molecule has 0 amide bonds. The second-order valence-corrected chi connectivity index (χ2v) is 4.46. The highest BCUT2D eigenvalue weighted by Gasteiger charge is 2.42. The number of nitrogens with two attached hydrogens (primary N) is 1. The quantitative estimate of drug-likeness (QED) is 0.213. The van der Waals surface area contributed by atoms with Crippen LogP contribution in [0.25, 0.3) is 0 Å². The molecule has 19 heavy (non-hydrogen) atoms. The molecule has 1 atom stereocenters. The number of hydrogen-bond acceptors (Lipinski definition) is 3. The van der Waals surface area contributed by atoms with Crippen molar-refractivity contribution >= 4 is 5.84 Å². The molecule has 4 nitrogen and oxygen atoms in total. The highest BCUT2D eigenvalue weighted by atomic mass is 19.4. The van der Waals surface area contributed by atoms with Gasteiger partial charge >= 0.3 is 6.18 Å². The van der Waals surface area contributed by atoms with E-state index >= 15 is 0 Å². The van der Waals surface area contributed by atoms with Crippen molar-refractivity contribution in [2.45, 2.75) is 51.6 Å². The van der Waals surface area contributed by atoms with Crippen LogP contribution in [0.2, 0.25) is 0 Å². The number of ether oxygens (including phenoxy) is 1. The van der Waals surface area contributed by atoms with Crippen molar-refractivity contribution in [1.82, 2.24) is 0 Å². The van der Waals surface area contributed by atoms with E-state index in [0.717, 1.165) is 32.1 Å². The largest absolute Gasteiger partial charge is 0.409 e. The summed E-state index contributed by atoms with van der Waals surface area (Å²) in [5, 5.41) is 10.7. The van der Waals surface area contributed by atoms with Crippen LogP contribution in [0.4, 0.5) is 13.2 Å². The number of nitrogens with zero attached hydrogens (tertiary/aromatic N) is 1. The number of amidine groups is 1. The molecule has 1 unspecified atom stereocenters. The molecule has 0 aliphatic heterocycles. The predicted molar refractivity (Wildman–Crippen MR) is 67.1 cm³/mol. The van der Waals surface area contributed by atoms with Crippen LogP contribution < -0.4 is 5.73 Å². The normalized spacial score (nSPS) is 14.6. The Morgan fingerprint density at radius 3 is 2.32 bits per heavy atom. The van der Waals surface area contributed by atoms with Gasteiger partial charge in [0.05, 0.1) is 6.61 Å². The van der Waals surface area contributed by atoms with Crippen LogP contribution in [-0.2, 0) is 4.74 Å². The Morgan fingerprint density at radius 2 is 1.79 bits per heavy atom. The summed E-state index contributed by atoms with van der Waals surface area (Å²) in [4.78, 5) is 0. The molecule has 114 valence electrons. The number of alkyl halides is 3. The number of unbranched alkanes of at least 4 members (excludes halogenated alkanes) is 5. The van der Waals surface area contributed by atoms with Gasteiger partial charge in [0.25, 0.3) is 0 Å². The van der Waals surface area contributed by atoms with Crippen molar-refractivity contribution in [2.75, 3.05) is 13.2 Å². The minimum Gasteiger partial charge on any atom is -0.409 e. The molecule has 0 aromatic carbocycles. The van der Waals surface area contributed by atoms with Gasteiger partial charge in [-0.15, -0.1) is 0 Å². The minimum atomic E-state index is -4.56. The van der Waals surface area contributed by atoms with Crippen molar-refractivity contribution in [2.24, 2.45) is 16.8 Å². The van der Waals surface area contributed by atoms with Gasteiger partial charge in [-0.1, -0.05) is 44.2 Å². The smallest absolute Gasteiger partial charge is 0.401 e. The highest BCUT2D eigenvalue weighted by Crippen LogP contribution is 2.26. The standard InChI is InChI=1S/C12H23F3N2O2/c1-2-3-4-5-6-7-8-19-9-10(11(16)17-18)12(13,14)15/h10,18H,2-9H2,1H3,(H2,16,17). The zero-order valence-electron chi connectivity index (χ0n) is 11.2. The lowest BCUT2D eigenvalue weighted by Gasteiger charge is -2.18. The zero-order valence-corrected chi connectivity index (χ0v) is 11.2. The van der Waals surface area contributed by atoms with Crippen molar-refractivity contribution in [1.29, 1.82) is 0 Å². The molecule has 0 saturated heterocycles. The fraction of sp³-hybridized carbons (Fsp3) is 0.917. The van der Waals surface area contributed by atoms with Crippen molar-refractivity contribution in [3.05, 3.63) is 0 Å². The van der Waals surface area contributed by atoms with E-state index in [9.17, 15) is 13.2 Å². The Labute approximate surface area is 111 Å². The molecule has 0 aliphatic carbocycles. The molecule has 3 N–H and O–H groups in total. The molecule has 0 aromatic heterocycles. The maximum Gasteiger partial charge on any atom is 0.401 e. The van der Waals surface area contributed by atoms with Gasteiger partial charge in [0, 0.05) is 6.61 Å². The van der Waals surface area contributed by atoms with E-state index in [1.165, 1.54) is 6.42 Å². The summed E-state index contributed by atoms with van der Waals surface area (Å²) in [5.41, 5.74) is 5.00. The second kappa shape index (κ2) is 9.89. The summed E-state index contributed by atoms with van der Waals surface area (Å²) in [6.07, 6.45) is 1.66. The van der Waals surface area contributed by atoms with Gasteiger partial charge in [-0.3, -0.25) is 0 Å². The van der Waals surface area contributed by atoms with Crippen LogP contribution in [0, 0.1) is 5.92 Å². The van der Waals surface area contributed by atoms with E-state index in [2.05, 4.69) is 12.1 Å². The molecule has 0 rings (SSSR count). The number of halogens is 3. The lowest BCUT2D eigenvalue weighted by molar-refractivity contribution is -0.168. The molecule has 7 heteroatoms. The van der Waals surface area contributed by atoms with Gasteiger partial charge in [0.2, 0.25) is 0 Å². The zero-order chi connectivity index (χ0) is 14.7. The first kappa shape index (κ1) is 18.0. The van der Waals surface area contributed by atoms with Gasteiger partial charge in [-0.25, -0.2) is 0 Å². The molecular weight excluding hydrogens is 261 g/mol. The maximum absolute atomic E-state index is 12.5. The highest BCUT2D eigenvalue weighted by molar-refractivity contribution is 5.83. The first-order valence-electron chi connectivity index (χ1n) is 6.55. The van der Waals surface area contributed by atoms with Crippen LogP contribution >= 0.6 is 0 Å². The third-order valence-electron chi connectivity index (χ3n) is 2.79. The molecule has 0 aromatic rings. The van der Waals surface area contributed by atoms with Crippen molar-refractivity contribution < 1.29 is 23.1 Å². The Balaban J connectivity index is 3.77. The van der Waals surface area contributed by atoms with Crippen molar-refractivity contribution in [3.8, 4) is 0 Å². The molecular formula is C12H23F3N2O2. The average Bonchev–Trinajstić information content (AvgIpc) is 2.34. The van der Waals surface area contributed by atoms with Crippen LogP contribution in [0.1, 0.15) is 45.4 Å². The van der Waals surface area contributed by atoms with E-state index in [4.69, 9.17) is 15.7 Å². The second-order valence-electron chi connectivity index (χ2n) is 4.46. The Morgan fingerprint density at radius 1 is 1.21 bits per heavy atom. The number of hydrogen-bond donors (Lipinski definition) is 2. The summed E-state index contributed by atoms with van der Waals surface area (Å²) in [7, 11) is 0. The minimum absolute atomic E-state index is 0.261. The summed E-state index contributed by atoms with van der Waals surface area (Å²) < 4.78 is 42.5. The van der Waals surface area contributed by atoms with Gasteiger partial charge in [0.15, 0.2) is 5.84 Å². The molecule has 0 aliphatic rings. The van der Waals surface area contributed by atoms with E-state index in [1.807, 2.05) is 0 Å². The lowest BCUT2D eigenvalue weighted by atomic mass is 10.1. The number of rotatable bonds is 10. The Bertz CT molecular complexity index is 258. The lowest BCUT2D eigenvalue weighted by Crippen LogP contribution is -2.39. The van der Waals surface area contributed by atoms with E-state index in [0.29, 0.717) is 0 Å². The van der Waals surface area contributed by atoms with E-state index < -0.39 is 24.5 Å². The Kier molecular flexibility index (Phi) is 9.38. The third-order valence-corrected chi connectivity index (χ3v) is 2.79. The average molecular weight is 284 g/mol. The first-order valence-corrected chi connectivity index (χ1v) is 6.55. The van der Waals surface area contributed by atoms with Crippen LogP contribution in [-0.4, -0.2) is 30.4 Å².